The molecule has 3 rings (SSSR count). The Morgan fingerprint density at radius 1 is 1.19 bits per heavy atom. The van der Waals surface area contributed by atoms with E-state index in [0.29, 0.717) is 13.2 Å². The van der Waals surface area contributed by atoms with E-state index in [1.165, 1.54) is 0 Å². The van der Waals surface area contributed by atoms with Crippen LogP contribution in [-0.4, -0.2) is 42.7 Å². The first-order chi connectivity index (χ1) is 10.2. The van der Waals surface area contributed by atoms with Crippen LogP contribution in [0.1, 0.15) is 25.7 Å². The number of hydrogen-bond acceptors (Lipinski definition) is 4. The molecule has 0 bridgehead atoms. The summed E-state index contributed by atoms with van der Waals surface area (Å²) in [5, 5.41) is 9.19. The van der Waals surface area contributed by atoms with Gasteiger partial charge in [0.1, 0.15) is 6.54 Å². The smallest absolute Gasteiger partial charge is 0.323 e. The molecule has 1 N–H and O–H groups in total. The van der Waals surface area contributed by atoms with E-state index in [1.807, 2.05) is 35.2 Å². The molecule has 0 radical (unpaired) electrons. The fraction of sp³-hybridized carbons (Fsp3) is 0.562. The molecule has 1 saturated carbocycles. The second kappa shape index (κ2) is 6.03. The van der Waals surface area contributed by atoms with Crippen molar-refractivity contribution in [2.45, 2.75) is 37.5 Å². The number of nitrogens with zero attached hydrogens (tertiary/aromatic N) is 1. The van der Waals surface area contributed by atoms with Gasteiger partial charge in [0.05, 0.1) is 13.2 Å². The molecule has 0 unspecified atom stereocenters. The van der Waals surface area contributed by atoms with Crippen molar-refractivity contribution in [3.63, 3.8) is 0 Å². The number of hydrogen-bond donors (Lipinski definition) is 1. The van der Waals surface area contributed by atoms with Gasteiger partial charge in [0.15, 0.2) is 5.79 Å². The van der Waals surface area contributed by atoms with Crippen molar-refractivity contribution >= 4 is 11.7 Å². The van der Waals surface area contributed by atoms with Gasteiger partial charge in [-0.3, -0.25) is 4.79 Å². The van der Waals surface area contributed by atoms with E-state index < -0.39 is 11.8 Å². The molecule has 1 aromatic carbocycles. The Bertz CT molecular complexity index is 474. The molecule has 0 atom stereocenters. The van der Waals surface area contributed by atoms with Gasteiger partial charge in [0.2, 0.25) is 0 Å². The molecule has 1 saturated heterocycles. The summed E-state index contributed by atoms with van der Waals surface area (Å²) in [5.74, 6) is -1.20. The van der Waals surface area contributed by atoms with Crippen LogP contribution in [0.15, 0.2) is 30.3 Å². The van der Waals surface area contributed by atoms with Crippen molar-refractivity contribution in [2.75, 3.05) is 24.7 Å². The molecule has 1 aliphatic carbocycles. The standard InChI is InChI=1S/C16H21NO4/c18-15(19)12-17(13-4-2-1-3-5-13)14-6-8-16(9-7-14)20-10-11-21-16/h1-5,14H,6-12H2,(H,18,19). The lowest BCUT2D eigenvalue weighted by atomic mass is 9.88. The number of carboxylic acid groups (broad SMARTS) is 1. The van der Waals surface area contributed by atoms with Crippen LogP contribution in [0.5, 0.6) is 0 Å². The van der Waals surface area contributed by atoms with Crippen molar-refractivity contribution in [1.29, 1.82) is 0 Å². The van der Waals surface area contributed by atoms with E-state index in [0.717, 1.165) is 31.4 Å². The summed E-state index contributed by atoms with van der Waals surface area (Å²) in [6.07, 6.45) is 3.45. The van der Waals surface area contributed by atoms with Crippen molar-refractivity contribution in [3.05, 3.63) is 30.3 Å². The maximum atomic E-state index is 11.2. The Balaban J connectivity index is 1.71. The molecule has 114 valence electrons. The minimum absolute atomic E-state index is 0.0311. The van der Waals surface area contributed by atoms with Crippen LogP contribution in [-0.2, 0) is 14.3 Å². The number of benzene rings is 1. The Morgan fingerprint density at radius 3 is 2.38 bits per heavy atom. The van der Waals surface area contributed by atoms with E-state index in [9.17, 15) is 9.90 Å². The predicted molar refractivity (Wildman–Crippen MR) is 78.3 cm³/mol. The van der Waals surface area contributed by atoms with Crippen LogP contribution in [0.25, 0.3) is 0 Å². The maximum Gasteiger partial charge on any atom is 0.323 e. The van der Waals surface area contributed by atoms with E-state index >= 15 is 0 Å². The molecule has 0 amide bonds. The number of para-hydroxylation sites is 1. The summed E-state index contributed by atoms with van der Waals surface area (Å²) in [4.78, 5) is 13.2. The lowest BCUT2D eigenvalue weighted by Gasteiger charge is -2.40. The Kier molecular flexibility index (Phi) is 4.12. The quantitative estimate of drug-likeness (QED) is 0.922. The highest BCUT2D eigenvalue weighted by Gasteiger charge is 2.41. The van der Waals surface area contributed by atoms with Gasteiger partial charge in [0, 0.05) is 24.6 Å². The number of aliphatic carboxylic acids is 1. The molecule has 1 heterocycles. The molecule has 1 aliphatic heterocycles. The fourth-order valence-corrected chi connectivity index (χ4v) is 3.34. The number of anilines is 1. The van der Waals surface area contributed by atoms with Crippen LogP contribution >= 0.6 is 0 Å². The second-order valence-corrected chi connectivity index (χ2v) is 5.70. The summed E-state index contributed by atoms with van der Waals surface area (Å²) in [5.41, 5.74) is 0.967. The third-order valence-corrected chi connectivity index (χ3v) is 4.36. The SMILES string of the molecule is O=C(O)CN(c1ccccc1)C1CCC2(CC1)OCCO2. The van der Waals surface area contributed by atoms with Gasteiger partial charge in [-0.15, -0.1) is 0 Å². The average molecular weight is 291 g/mol. The third kappa shape index (κ3) is 3.19. The molecule has 1 spiro atoms. The van der Waals surface area contributed by atoms with E-state index in [1.54, 1.807) is 0 Å². The lowest BCUT2D eigenvalue weighted by Crippen LogP contribution is -2.46. The fourth-order valence-electron chi connectivity index (χ4n) is 3.34. The zero-order valence-electron chi connectivity index (χ0n) is 12.0. The zero-order valence-corrected chi connectivity index (χ0v) is 12.0. The maximum absolute atomic E-state index is 11.2. The monoisotopic (exact) mass is 291 g/mol. The number of ether oxygens (including phenoxy) is 2. The number of rotatable bonds is 4. The Morgan fingerprint density at radius 2 is 1.81 bits per heavy atom. The first kappa shape index (κ1) is 14.4. The van der Waals surface area contributed by atoms with Crippen LogP contribution < -0.4 is 4.90 Å². The van der Waals surface area contributed by atoms with Crippen LogP contribution in [0.2, 0.25) is 0 Å². The molecular formula is C16H21NO4. The Labute approximate surface area is 124 Å². The first-order valence-electron chi connectivity index (χ1n) is 7.50. The molecule has 2 fully saturated rings. The highest BCUT2D eigenvalue weighted by Crippen LogP contribution is 2.38. The first-order valence-corrected chi connectivity index (χ1v) is 7.50. The zero-order chi connectivity index (χ0) is 14.7. The van der Waals surface area contributed by atoms with Gasteiger partial charge >= 0.3 is 5.97 Å². The second-order valence-electron chi connectivity index (χ2n) is 5.70. The Hall–Kier alpha value is -1.59. The van der Waals surface area contributed by atoms with Gasteiger partial charge in [-0.1, -0.05) is 18.2 Å². The van der Waals surface area contributed by atoms with Gasteiger partial charge in [0.25, 0.3) is 0 Å². The molecule has 5 heteroatoms. The van der Waals surface area contributed by atoms with E-state index in [-0.39, 0.29) is 12.6 Å². The van der Waals surface area contributed by atoms with Crippen LogP contribution in [0.3, 0.4) is 0 Å². The lowest BCUT2D eigenvalue weighted by molar-refractivity contribution is -0.178. The summed E-state index contributed by atoms with van der Waals surface area (Å²) in [6, 6.07) is 9.99. The van der Waals surface area contributed by atoms with Crippen molar-refractivity contribution < 1.29 is 19.4 Å². The van der Waals surface area contributed by atoms with Gasteiger partial charge < -0.3 is 19.5 Å². The molecule has 2 aliphatic rings. The normalized spacial score (nSPS) is 21.5. The van der Waals surface area contributed by atoms with Crippen molar-refractivity contribution in [1.82, 2.24) is 0 Å². The predicted octanol–water partition coefficient (Wildman–Crippen LogP) is 2.26. The highest BCUT2D eigenvalue weighted by molar-refractivity contribution is 5.74. The topological polar surface area (TPSA) is 59.0 Å². The molecule has 0 aromatic heterocycles. The largest absolute Gasteiger partial charge is 0.480 e. The summed E-state index contributed by atoms with van der Waals surface area (Å²) >= 11 is 0. The van der Waals surface area contributed by atoms with Crippen molar-refractivity contribution in [2.24, 2.45) is 0 Å². The number of carbonyl (C=O) groups is 1. The minimum atomic E-state index is -0.799. The van der Waals surface area contributed by atoms with E-state index in [2.05, 4.69) is 0 Å². The molecular weight excluding hydrogens is 270 g/mol. The van der Waals surface area contributed by atoms with E-state index in [4.69, 9.17) is 9.47 Å². The minimum Gasteiger partial charge on any atom is -0.480 e. The highest BCUT2D eigenvalue weighted by atomic mass is 16.7. The summed E-state index contributed by atoms with van der Waals surface area (Å²) in [7, 11) is 0. The van der Waals surface area contributed by atoms with Gasteiger partial charge in [-0.05, 0) is 25.0 Å². The van der Waals surface area contributed by atoms with Gasteiger partial charge in [-0.25, -0.2) is 0 Å². The number of carboxylic acids is 1. The summed E-state index contributed by atoms with van der Waals surface area (Å²) in [6.45, 7) is 1.37. The third-order valence-electron chi connectivity index (χ3n) is 4.36. The average Bonchev–Trinajstić information content (AvgIpc) is 2.95. The summed E-state index contributed by atoms with van der Waals surface area (Å²) < 4.78 is 11.5. The molecule has 1 aromatic rings. The van der Waals surface area contributed by atoms with Gasteiger partial charge in [-0.2, -0.15) is 0 Å². The molecule has 21 heavy (non-hydrogen) atoms. The van der Waals surface area contributed by atoms with Crippen LogP contribution in [0, 0.1) is 0 Å². The molecule has 5 nitrogen and oxygen atoms in total. The van der Waals surface area contributed by atoms with Crippen molar-refractivity contribution in [3.8, 4) is 0 Å². The van der Waals surface area contributed by atoms with Crippen LogP contribution in [0.4, 0.5) is 5.69 Å².